The molecule has 2 N–H and O–H groups in total. The van der Waals surface area contributed by atoms with Gasteiger partial charge in [-0.15, -0.1) is 0 Å². The molecule has 8 nitrogen and oxygen atoms in total. The van der Waals surface area contributed by atoms with Crippen molar-refractivity contribution in [3.63, 3.8) is 0 Å². The first-order chi connectivity index (χ1) is 17.3. The van der Waals surface area contributed by atoms with E-state index in [0.717, 1.165) is 10.0 Å². The fraction of sp³-hybridized carbons (Fsp3) is 0.160. The van der Waals surface area contributed by atoms with Crippen LogP contribution in [-0.4, -0.2) is 38.8 Å². The molecule has 0 unspecified atom stereocenters. The fourth-order valence-electron chi connectivity index (χ4n) is 3.00. The predicted molar refractivity (Wildman–Crippen MR) is 143 cm³/mol. The van der Waals surface area contributed by atoms with Crippen molar-refractivity contribution in [3.05, 3.63) is 85.8 Å². The minimum atomic E-state index is -0.509. The largest absolute Gasteiger partial charge is 0.493 e. The van der Waals surface area contributed by atoms with E-state index in [1.807, 2.05) is 6.07 Å². The Bertz CT molecular complexity index is 1290. The third kappa shape index (κ3) is 7.61. The van der Waals surface area contributed by atoms with Gasteiger partial charge in [0.05, 0.1) is 27.0 Å². The molecule has 3 aromatic rings. The highest BCUT2D eigenvalue weighted by Crippen LogP contribution is 2.28. The van der Waals surface area contributed by atoms with Crippen LogP contribution in [0.15, 0.2) is 64.2 Å². The molecule has 3 aromatic carbocycles. The zero-order valence-electron chi connectivity index (χ0n) is 19.3. The van der Waals surface area contributed by atoms with Crippen LogP contribution < -0.4 is 25.0 Å². The summed E-state index contributed by atoms with van der Waals surface area (Å²) in [4.78, 5) is 24.5. The van der Waals surface area contributed by atoms with Gasteiger partial charge < -0.3 is 19.5 Å². The Morgan fingerprint density at radius 1 is 0.972 bits per heavy atom. The monoisotopic (exact) mass is 593 g/mol. The number of carbonyl (C=O) groups is 2. The van der Waals surface area contributed by atoms with Gasteiger partial charge in [-0.05, 0) is 48.5 Å². The fourth-order valence-corrected chi connectivity index (χ4v) is 3.84. The lowest BCUT2D eigenvalue weighted by Gasteiger charge is -2.11. The molecule has 0 saturated carbocycles. The molecule has 0 fully saturated rings. The normalized spacial score (nSPS) is 10.7. The van der Waals surface area contributed by atoms with Crippen LogP contribution in [0.25, 0.3) is 0 Å². The Kier molecular flexibility index (Phi) is 9.98. The van der Waals surface area contributed by atoms with Crippen molar-refractivity contribution in [1.82, 2.24) is 10.7 Å². The molecule has 0 aromatic heterocycles. The molecule has 0 aliphatic heterocycles. The molecular weight excluding hydrogens is 573 g/mol. The van der Waals surface area contributed by atoms with Crippen molar-refractivity contribution in [3.8, 4) is 17.2 Å². The van der Waals surface area contributed by atoms with Crippen LogP contribution in [0.4, 0.5) is 0 Å². The molecule has 0 aliphatic rings. The number of hydrogen-bond donors (Lipinski definition) is 2. The van der Waals surface area contributed by atoms with E-state index >= 15 is 0 Å². The first-order valence-corrected chi connectivity index (χ1v) is 12.0. The van der Waals surface area contributed by atoms with E-state index in [4.69, 9.17) is 37.4 Å². The van der Waals surface area contributed by atoms with E-state index in [0.29, 0.717) is 38.4 Å². The first-order valence-electron chi connectivity index (χ1n) is 10.5. The molecule has 3 rings (SSSR count). The molecule has 36 heavy (non-hydrogen) atoms. The number of hydrazone groups is 1. The summed E-state index contributed by atoms with van der Waals surface area (Å²) in [6.07, 6.45) is 1.44. The van der Waals surface area contributed by atoms with Crippen LogP contribution in [0.2, 0.25) is 10.0 Å². The summed E-state index contributed by atoms with van der Waals surface area (Å²) >= 11 is 15.6. The summed E-state index contributed by atoms with van der Waals surface area (Å²) in [7, 11) is 2.97. The van der Waals surface area contributed by atoms with Crippen molar-refractivity contribution < 1.29 is 23.8 Å². The van der Waals surface area contributed by atoms with Crippen LogP contribution >= 0.6 is 39.1 Å². The summed E-state index contributed by atoms with van der Waals surface area (Å²) in [5, 5.41) is 7.54. The summed E-state index contributed by atoms with van der Waals surface area (Å²) in [6, 6.07) is 15.2. The second-order valence-electron chi connectivity index (χ2n) is 7.25. The average molecular weight is 595 g/mol. The number of amides is 2. The summed E-state index contributed by atoms with van der Waals surface area (Å²) in [6.45, 7) is -0.0611. The standard InChI is InChI=1S/C25H22BrCl2N3O5/c1-34-22-7-4-15(10-23(22)35-2)25(33)29-13-24(32)31-30-12-17-9-18(26)5-8-21(17)36-14-16-3-6-19(27)11-20(16)28/h3-12H,13-14H2,1-2H3,(H,29,33)(H,31,32)/b30-12+. The van der Waals surface area contributed by atoms with E-state index in [1.165, 1.54) is 26.5 Å². The minimum absolute atomic E-state index is 0.215. The van der Waals surface area contributed by atoms with Gasteiger partial charge in [-0.1, -0.05) is 45.2 Å². The zero-order chi connectivity index (χ0) is 26.1. The van der Waals surface area contributed by atoms with Gasteiger partial charge in [-0.2, -0.15) is 5.10 Å². The van der Waals surface area contributed by atoms with Crippen molar-refractivity contribution in [2.24, 2.45) is 5.10 Å². The minimum Gasteiger partial charge on any atom is -0.493 e. The molecule has 0 spiro atoms. The van der Waals surface area contributed by atoms with Crippen LogP contribution in [0.3, 0.4) is 0 Å². The van der Waals surface area contributed by atoms with E-state index in [1.54, 1.807) is 42.5 Å². The van der Waals surface area contributed by atoms with Crippen LogP contribution in [0.5, 0.6) is 17.2 Å². The van der Waals surface area contributed by atoms with Gasteiger partial charge in [0.15, 0.2) is 11.5 Å². The predicted octanol–water partition coefficient (Wildman–Crippen LogP) is 5.23. The number of nitrogens with zero attached hydrogens (tertiary/aromatic N) is 1. The number of nitrogens with one attached hydrogen (secondary N) is 2. The second kappa shape index (κ2) is 13.2. The van der Waals surface area contributed by atoms with Crippen LogP contribution in [-0.2, 0) is 11.4 Å². The van der Waals surface area contributed by atoms with Crippen molar-refractivity contribution in [1.29, 1.82) is 0 Å². The highest BCUT2D eigenvalue weighted by atomic mass is 79.9. The Morgan fingerprint density at radius 2 is 1.72 bits per heavy atom. The number of ether oxygens (including phenoxy) is 3. The van der Waals surface area contributed by atoms with Gasteiger partial charge in [-0.25, -0.2) is 5.43 Å². The SMILES string of the molecule is COc1ccc(C(=O)NCC(=O)N/N=C/c2cc(Br)ccc2OCc2ccc(Cl)cc2Cl)cc1OC. The highest BCUT2D eigenvalue weighted by molar-refractivity contribution is 9.10. The molecule has 0 saturated heterocycles. The lowest BCUT2D eigenvalue weighted by molar-refractivity contribution is -0.120. The van der Waals surface area contributed by atoms with Gasteiger partial charge >= 0.3 is 0 Å². The summed E-state index contributed by atoms with van der Waals surface area (Å²) in [5.41, 5.74) is 4.08. The molecule has 188 valence electrons. The van der Waals surface area contributed by atoms with Gasteiger partial charge in [0.2, 0.25) is 0 Å². The molecule has 0 aliphatic carbocycles. The van der Waals surface area contributed by atoms with Gasteiger partial charge in [0.1, 0.15) is 12.4 Å². The molecule has 0 heterocycles. The summed E-state index contributed by atoms with van der Waals surface area (Å²) in [5.74, 6) is 0.478. The molecular formula is C25H22BrCl2N3O5. The molecule has 0 bridgehead atoms. The van der Waals surface area contributed by atoms with Crippen molar-refractivity contribution >= 4 is 57.2 Å². The van der Waals surface area contributed by atoms with Crippen molar-refractivity contribution in [2.45, 2.75) is 6.61 Å². The van der Waals surface area contributed by atoms with E-state index in [9.17, 15) is 9.59 Å². The number of benzene rings is 3. The Morgan fingerprint density at radius 3 is 2.44 bits per heavy atom. The molecule has 0 atom stereocenters. The number of hydrogen-bond acceptors (Lipinski definition) is 6. The lowest BCUT2D eigenvalue weighted by Crippen LogP contribution is -2.34. The van der Waals surface area contributed by atoms with E-state index in [-0.39, 0.29) is 13.2 Å². The third-order valence-electron chi connectivity index (χ3n) is 4.82. The zero-order valence-corrected chi connectivity index (χ0v) is 22.4. The van der Waals surface area contributed by atoms with Gasteiger partial charge in [0.25, 0.3) is 11.8 Å². The van der Waals surface area contributed by atoms with E-state index in [2.05, 4.69) is 31.8 Å². The molecule has 11 heteroatoms. The van der Waals surface area contributed by atoms with Crippen LogP contribution in [0.1, 0.15) is 21.5 Å². The maximum Gasteiger partial charge on any atom is 0.259 e. The first kappa shape index (κ1) is 27.3. The topological polar surface area (TPSA) is 98.2 Å². The maximum atomic E-state index is 12.4. The van der Waals surface area contributed by atoms with E-state index < -0.39 is 11.8 Å². The van der Waals surface area contributed by atoms with Crippen molar-refractivity contribution in [2.75, 3.05) is 20.8 Å². The number of rotatable bonds is 10. The summed E-state index contributed by atoms with van der Waals surface area (Å²) < 4.78 is 17.0. The Balaban J connectivity index is 1.57. The third-order valence-corrected chi connectivity index (χ3v) is 5.90. The quantitative estimate of drug-likeness (QED) is 0.247. The molecule has 2 amide bonds. The van der Waals surface area contributed by atoms with Gasteiger partial charge in [-0.3, -0.25) is 9.59 Å². The number of carbonyl (C=O) groups excluding carboxylic acids is 2. The lowest BCUT2D eigenvalue weighted by atomic mass is 10.2. The number of halogens is 3. The maximum absolute atomic E-state index is 12.4. The Hall–Kier alpha value is -3.27. The highest BCUT2D eigenvalue weighted by Gasteiger charge is 2.12. The van der Waals surface area contributed by atoms with Crippen LogP contribution in [0, 0.1) is 0 Å². The Labute approximate surface area is 226 Å². The van der Waals surface area contributed by atoms with Gasteiger partial charge in [0, 0.05) is 31.2 Å². The smallest absolute Gasteiger partial charge is 0.259 e. The number of methoxy groups -OCH3 is 2. The second-order valence-corrected chi connectivity index (χ2v) is 9.01. The molecule has 0 radical (unpaired) electrons. The average Bonchev–Trinajstić information content (AvgIpc) is 2.87.